The Morgan fingerprint density at radius 1 is 1.56 bits per heavy atom. The second-order valence-corrected chi connectivity index (χ2v) is 5.25. The average Bonchev–Trinajstić information content (AvgIpc) is 2.80. The van der Waals surface area contributed by atoms with Crippen LogP contribution in [0.2, 0.25) is 0 Å². The molecule has 1 aromatic heterocycles. The molecule has 1 aliphatic rings. The third kappa shape index (κ3) is 2.30. The van der Waals surface area contributed by atoms with E-state index < -0.39 is 0 Å². The molecule has 4 heteroatoms. The number of aromatic nitrogens is 1. The van der Waals surface area contributed by atoms with Gasteiger partial charge >= 0.3 is 0 Å². The third-order valence-electron chi connectivity index (χ3n) is 2.88. The van der Waals surface area contributed by atoms with Crippen LogP contribution in [-0.4, -0.2) is 29.6 Å². The molecule has 2 rings (SSSR count). The van der Waals surface area contributed by atoms with E-state index in [0.717, 1.165) is 17.3 Å². The average molecular weight is 233 g/mol. The summed E-state index contributed by atoms with van der Waals surface area (Å²) >= 11 is 1.98. The molecule has 1 atom stereocenters. The van der Waals surface area contributed by atoms with E-state index in [0.29, 0.717) is 11.6 Å². The van der Waals surface area contributed by atoms with Crippen molar-refractivity contribution in [1.29, 1.82) is 5.26 Å². The maximum absolute atomic E-state index is 8.93. The number of hydrogen-bond acceptors (Lipinski definition) is 4. The van der Waals surface area contributed by atoms with E-state index in [4.69, 9.17) is 5.26 Å². The van der Waals surface area contributed by atoms with Crippen LogP contribution in [0.15, 0.2) is 12.1 Å². The number of nitriles is 1. The predicted octanol–water partition coefficient (Wildman–Crippen LogP) is 2.20. The Morgan fingerprint density at radius 3 is 3.00 bits per heavy atom. The molecule has 0 N–H and O–H groups in total. The zero-order valence-corrected chi connectivity index (χ0v) is 10.4. The summed E-state index contributed by atoms with van der Waals surface area (Å²) in [7, 11) is 2.07. The number of aryl methyl sites for hydroxylation is 1. The van der Waals surface area contributed by atoms with E-state index in [2.05, 4.69) is 23.0 Å². The van der Waals surface area contributed by atoms with Gasteiger partial charge in [0.1, 0.15) is 5.82 Å². The summed E-state index contributed by atoms with van der Waals surface area (Å²) in [6.45, 7) is 1.93. The van der Waals surface area contributed by atoms with Gasteiger partial charge in [0, 0.05) is 24.5 Å². The highest BCUT2D eigenvalue weighted by atomic mass is 32.2. The van der Waals surface area contributed by atoms with E-state index in [1.54, 1.807) is 0 Å². The van der Waals surface area contributed by atoms with Crippen LogP contribution in [0.5, 0.6) is 0 Å². The molecule has 3 nitrogen and oxygen atoms in total. The Balaban J connectivity index is 2.25. The fourth-order valence-corrected chi connectivity index (χ4v) is 3.18. The molecule has 0 radical (unpaired) electrons. The van der Waals surface area contributed by atoms with E-state index in [-0.39, 0.29) is 0 Å². The molecule has 0 bridgehead atoms. The summed E-state index contributed by atoms with van der Waals surface area (Å²) in [5, 5.41) is 8.93. The summed E-state index contributed by atoms with van der Waals surface area (Å²) in [6.07, 6.45) is 1.21. The van der Waals surface area contributed by atoms with Crippen LogP contribution in [0.4, 0.5) is 5.82 Å². The fourth-order valence-electron chi connectivity index (χ4n) is 1.91. The van der Waals surface area contributed by atoms with Gasteiger partial charge in [-0.15, -0.1) is 0 Å². The summed E-state index contributed by atoms with van der Waals surface area (Å²) in [6, 6.07) is 6.43. The Labute approximate surface area is 100 Å². The van der Waals surface area contributed by atoms with Crippen molar-refractivity contribution in [3.8, 4) is 6.07 Å². The molecule has 1 saturated heterocycles. The highest BCUT2D eigenvalue weighted by Gasteiger charge is 2.21. The van der Waals surface area contributed by atoms with Crippen molar-refractivity contribution in [2.24, 2.45) is 0 Å². The Kier molecular flexibility index (Phi) is 3.35. The lowest BCUT2D eigenvalue weighted by Crippen LogP contribution is -2.32. The number of nitrogens with zero attached hydrogens (tertiary/aromatic N) is 3. The van der Waals surface area contributed by atoms with Gasteiger partial charge in [0.15, 0.2) is 0 Å². The fraction of sp³-hybridized carbons (Fsp3) is 0.500. The molecule has 0 spiro atoms. The Hall–Kier alpha value is -1.21. The molecule has 1 aromatic rings. The van der Waals surface area contributed by atoms with Crippen molar-refractivity contribution in [3.05, 3.63) is 23.4 Å². The van der Waals surface area contributed by atoms with Crippen molar-refractivity contribution in [3.63, 3.8) is 0 Å². The SMILES string of the molecule is Cc1cc(C#N)cc(N(C)C2CCSC2)n1. The third-order valence-corrected chi connectivity index (χ3v) is 4.03. The van der Waals surface area contributed by atoms with E-state index in [9.17, 15) is 0 Å². The lowest BCUT2D eigenvalue weighted by molar-refractivity contribution is 0.690. The molecule has 84 valence electrons. The van der Waals surface area contributed by atoms with Gasteiger partial charge in [0.05, 0.1) is 11.6 Å². The van der Waals surface area contributed by atoms with E-state index in [1.165, 1.54) is 12.2 Å². The van der Waals surface area contributed by atoms with Crippen LogP contribution < -0.4 is 4.90 Å². The molecule has 0 amide bonds. The lowest BCUT2D eigenvalue weighted by Gasteiger charge is -2.25. The number of rotatable bonds is 2. The highest BCUT2D eigenvalue weighted by molar-refractivity contribution is 7.99. The minimum Gasteiger partial charge on any atom is -0.356 e. The van der Waals surface area contributed by atoms with Crippen LogP contribution in [0.25, 0.3) is 0 Å². The first kappa shape index (κ1) is 11.3. The predicted molar refractivity (Wildman–Crippen MR) is 67.8 cm³/mol. The van der Waals surface area contributed by atoms with Gasteiger partial charge in [0.25, 0.3) is 0 Å². The molecule has 2 heterocycles. The second-order valence-electron chi connectivity index (χ2n) is 4.10. The first-order chi connectivity index (χ1) is 7.70. The number of pyridine rings is 1. The standard InChI is InChI=1S/C12H15N3S/c1-9-5-10(7-13)6-12(14-9)15(2)11-3-4-16-8-11/h5-6,11H,3-4,8H2,1-2H3. The van der Waals surface area contributed by atoms with Crippen LogP contribution in [0, 0.1) is 18.3 Å². The van der Waals surface area contributed by atoms with Crippen LogP contribution in [0.1, 0.15) is 17.7 Å². The van der Waals surface area contributed by atoms with Crippen molar-refractivity contribution in [1.82, 2.24) is 4.98 Å². The van der Waals surface area contributed by atoms with Gasteiger partial charge in [-0.2, -0.15) is 17.0 Å². The number of anilines is 1. The van der Waals surface area contributed by atoms with E-state index in [1.807, 2.05) is 30.8 Å². The van der Waals surface area contributed by atoms with Crippen molar-refractivity contribution >= 4 is 17.6 Å². The lowest BCUT2D eigenvalue weighted by atomic mass is 10.2. The molecule has 0 saturated carbocycles. The van der Waals surface area contributed by atoms with Crippen molar-refractivity contribution in [2.75, 3.05) is 23.5 Å². The zero-order valence-electron chi connectivity index (χ0n) is 9.60. The van der Waals surface area contributed by atoms with Gasteiger partial charge in [-0.3, -0.25) is 0 Å². The monoisotopic (exact) mass is 233 g/mol. The molecule has 1 aliphatic heterocycles. The first-order valence-corrected chi connectivity index (χ1v) is 6.55. The van der Waals surface area contributed by atoms with Crippen LogP contribution >= 0.6 is 11.8 Å². The first-order valence-electron chi connectivity index (χ1n) is 5.40. The maximum Gasteiger partial charge on any atom is 0.130 e. The highest BCUT2D eigenvalue weighted by Crippen LogP contribution is 2.25. The molecular formula is C12H15N3S. The number of hydrogen-bond donors (Lipinski definition) is 0. The molecule has 1 unspecified atom stereocenters. The second kappa shape index (κ2) is 4.75. The van der Waals surface area contributed by atoms with Crippen LogP contribution in [0.3, 0.4) is 0 Å². The van der Waals surface area contributed by atoms with Crippen molar-refractivity contribution < 1.29 is 0 Å². The Morgan fingerprint density at radius 2 is 2.38 bits per heavy atom. The van der Waals surface area contributed by atoms with Crippen molar-refractivity contribution in [2.45, 2.75) is 19.4 Å². The van der Waals surface area contributed by atoms with Gasteiger partial charge in [-0.05, 0) is 31.2 Å². The molecular weight excluding hydrogens is 218 g/mol. The molecule has 16 heavy (non-hydrogen) atoms. The van der Waals surface area contributed by atoms with Crippen LogP contribution in [-0.2, 0) is 0 Å². The summed E-state index contributed by atoms with van der Waals surface area (Å²) in [5.41, 5.74) is 1.60. The van der Waals surface area contributed by atoms with Gasteiger partial charge in [0.2, 0.25) is 0 Å². The minimum atomic E-state index is 0.561. The van der Waals surface area contributed by atoms with Gasteiger partial charge in [-0.25, -0.2) is 4.98 Å². The minimum absolute atomic E-state index is 0.561. The molecule has 0 aromatic carbocycles. The zero-order chi connectivity index (χ0) is 11.5. The van der Waals surface area contributed by atoms with Gasteiger partial charge in [-0.1, -0.05) is 0 Å². The topological polar surface area (TPSA) is 39.9 Å². The molecule has 0 aliphatic carbocycles. The Bertz CT molecular complexity index is 419. The largest absolute Gasteiger partial charge is 0.356 e. The summed E-state index contributed by atoms with van der Waals surface area (Å²) in [5.74, 6) is 3.31. The summed E-state index contributed by atoms with van der Waals surface area (Å²) in [4.78, 5) is 6.69. The quantitative estimate of drug-likeness (QED) is 0.785. The number of thioether (sulfide) groups is 1. The smallest absolute Gasteiger partial charge is 0.130 e. The normalized spacial score (nSPS) is 19.4. The van der Waals surface area contributed by atoms with Gasteiger partial charge < -0.3 is 4.90 Å². The summed E-state index contributed by atoms with van der Waals surface area (Å²) < 4.78 is 0. The van der Waals surface area contributed by atoms with E-state index >= 15 is 0 Å². The maximum atomic E-state index is 8.93. The molecule has 1 fully saturated rings.